The summed E-state index contributed by atoms with van der Waals surface area (Å²) in [6.45, 7) is 0. The van der Waals surface area contributed by atoms with Gasteiger partial charge in [-0.2, -0.15) is 0 Å². The fourth-order valence-electron chi connectivity index (χ4n) is 1.31. The zero-order chi connectivity index (χ0) is 12.3. The van der Waals surface area contributed by atoms with Crippen molar-refractivity contribution in [2.75, 3.05) is 7.11 Å². The van der Waals surface area contributed by atoms with E-state index < -0.39 is 0 Å². The predicted octanol–water partition coefficient (Wildman–Crippen LogP) is 4.37. The fraction of sp³-hybridized carbons (Fsp3) is 0.0833. The summed E-state index contributed by atoms with van der Waals surface area (Å²) in [6.07, 6.45) is 1.55. The van der Waals surface area contributed by atoms with E-state index in [2.05, 4.69) is 20.9 Å². The molecule has 0 aliphatic carbocycles. The maximum Gasteiger partial charge on any atom is 0.172 e. The number of rotatable bonds is 3. The minimum absolute atomic E-state index is 0.284. The molecule has 5 heteroatoms. The van der Waals surface area contributed by atoms with Gasteiger partial charge in [-0.15, -0.1) is 0 Å². The summed E-state index contributed by atoms with van der Waals surface area (Å²) in [6, 6.07) is 9.01. The van der Waals surface area contributed by atoms with Gasteiger partial charge in [-0.1, -0.05) is 27.5 Å². The molecule has 17 heavy (non-hydrogen) atoms. The van der Waals surface area contributed by atoms with Gasteiger partial charge in [-0.05, 0) is 30.3 Å². The Balaban J connectivity index is 2.41. The standard InChI is InChI=1S/C12H9BrClNO2/c1-16-10-5-4-8(13)7-9(10)15-12(14)11-3-2-6-17-11/h2-7H,1H3/b15-12-. The minimum atomic E-state index is 0.284. The van der Waals surface area contributed by atoms with Gasteiger partial charge in [0.1, 0.15) is 11.4 Å². The number of ether oxygens (including phenoxy) is 1. The Kier molecular flexibility index (Phi) is 3.86. The van der Waals surface area contributed by atoms with E-state index >= 15 is 0 Å². The van der Waals surface area contributed by atoms with Crippen LogP contribution in [-0.2, 0) is 0 Å². The van der Waals surface area contributed by atoms with Gasteiger partial charge in [0.2, 0.25) is 0 Å². The van der Waals surface area contributed by atoms with E-state index in [9.17, 15) is 0 Å². The molecular weight excluding hydrogens is 305 g/mol. The van der Waals surface area contributed by atoms with Crippen LogP contribution in [0, 0.1) is 0 Å². The largest absolute Gasteiger partial charge is 0.494 e. The van der Waals surface area contributed by atoms with Gasteiger partial charge in [0.15, 0.2) is 10.9 Å². The first-order chi connectivity index (χ1) is 8.20. The Labute approximate surface area is 112 Å². The molecule has 0 bridgehead atoms. The van der Waals surface area contributed by atoms with Gasteiger partial charge in [-0.25, -0.2) is 4.99 Å². The SMILES string of the molecule is COc1ccc(Br)cc1/N=C(\Cl)c1ccco1. The third-order valence-electron chi connectivity index (χ3n) is 2.08. The highest BCUT2D eigenvalue weighted by Crippen LogP contribution is 2.31. The number of furan rings is 1. The van der Waals surface area contributed by atoms with Crippen molar-refractivity contribution < 1.29 is 9.15 Å². The van der Waals surface area contributed by atoms with Crippen molar-refractivity contribution in [1.82, 2.24) is 0 Å². The highest BCUT2D eigenvalue weighted by molar-refractivity contribution is 9.10. The predicted molar refractivity (Wildman–Crippen MR) is 71.5 cm³/mol. The van der Waals surface area contributed by atoms with Crippen LogP contribution in [0.2, 0.25) is 0 Å². The molecule has 0 aliphatic rings. The van der Waals surface area contributed by atoms with Crippen molar-refractivity contribution in [2.24, 2.45) is 4.99 Å². The van der Waals surface area contributed by atoms with Gasteiger partial charge in [0, 0.05) is 4.47 Å². The number of halogens is 2. The molecule has 0 aliphatic heterocycles. The van der Waals surface area contributed by atoms with Gasteiger partial charge < -0.3 is 9.15 Å². The first-order valence-electron chi connectivity index (χ1n) is 4.82. The van der Waals surface area contributed by atoms with Crippen LogP contribution >= 0.6 is 27.5 Å². The van der Waals surface area contributed by atoms with E-state index in [4.69, 9.17) is 20.8 Å². The van der Waals surface area contributed by atoms with E-state index in [1.807, 2.05) is 18.2 Å². The maximum atomic E-state index is 6.05. The molecule has 3 nitrogen and oxygen atoms in total. The molecule has 2 aromatic rings. The molecule has 0 unspecified atom stereocenters. The summed E-state index contributed by atoms with van der Waals surface area (Å²) >= 11 is 9.42. The lowest BCUT2D eigenvalue weighted by atomic mass is 10.3. The zero-order valence-electron chi connectivity index (χ0n) is 8.98. The molecule has 0 N–H and O–H groups in total. The van der Waals surface area contributed by atoms with Crippen molar-refractivity contribution in [3.8, 4) is 5.75 Å². The lowest BCUT2D eigenvalue weighted by molar-refractivity contribution is 0.416. The third kappa shape index (κ3) is 2.90. The molecule has 1 aromatic carbocycles. The van der Waals surface area contributed by atoms with E-state index in [0.29, 0.717) is 17.2 Å². The van der Waals surface area contributed by atoms with Crippen molar-refractivity contribution in [3.05, 3.63) is 46.8 Å². The molecule has 0 saturated heterocycles. The quantitative estimate of drug-likeness (QED) is 0.789. The van der Waals surface area contributed by atoms with Crippen LogP contribution in [0.4, 0.5) is 5.69 Å². The van der Waals surface area contributed by atoms with Crippen LogP contribution < -0.4 is 4.74 Å². The number of methoxy groups -OCH3 is 1. The average molecular weight is 315 g/mol. The lowest BCUT2D eigenvalue weighted by Gasteiger charge is -2.04. The number of hydrogen-bond acceptors (Lipinski definition) is 3. The number of aliphatic imine (C=N–C) groups is 1. The third-order valence-corrected chi connectivity index (χ3v) is 2.85. The monoisotopic (exact) mass is 313 g/mol. The maximum absolute atomic E-state index is 6.05. The van der Waals surface area contributed by atoms with Crippen LogP contribution in [0.1, 0.15) is 5.76 Å². The molecule has 88 valence electrons. The van der Waals surface area contributed by atoms with Gasteiger partial charge in [-0.3, -0.25) is 0 Å². The van der Waals surface area contributed by atoms with E-state index in [1.54, 1.807) is 25.5 Å². The molecule has 1 heterocycles. The van der Waals surface area contributed by atoms with Crippen LogP contribution in [0.3, 0.4) is 0 Å². The summed E-state index contributed by atoms with van der Waals surface area (Å²) in [5.41, 5.74) is 0.642. The Morgan fingerprint density at radius 3 is 2.88 bits per heavy atom. The first-order valence-corrected chi connectivity index (χ1v) is 5.99. The van der Waals surface area contributed by atoms with Crippen LogP contribution in [0.25, 0.3) is 0 Å². The molecule has 0 saturated carbocycles. The summed E-state index contributed by atoms with van der Waals surface area (Å²) in [5, 5.41) is 0.284. The molecule has 0 atom stereocenters. The molecule has 1 aromatic heterocycles. The summed E-state index contributed by atoms with van der Waals surface area (Å²) in [7, 11) is 1.59. The second-order valence-electron chi connectivity index (χ2n) is 3.20. The average Bonchev–Trinajstić information content (AvgIpc) is 2.83. The smallest absolute Gasteiger partial charge is 0.172 e. The Morgan fingerprint density at radius 1 is 1.41 bits per heavy atom. The molecule has 0 radical (unpaired) electrons. The summed E-state index contributed by atoms with van der Waals surface area (Å²) in [5.74, 6) is 1.17. The number of nitrogens with zero attached hydrogens (tertiary/aromatic N) is 1. The van der Waals surface area contributed by atoms with E-state index in [-0.39, 0.29) is 5.17 Å². The second-order valence-corrected chi connectivity index (χ2v) is 4.47. The Morgan fingerprint density at radius 2 is 2.24 bits per heavy atom. The molecular formula is C12H9BrClNO2. The first kappa shape index (κ1) is 12.2. The van der Waals surface area contributed by atoms with E-state index in [0.717, 1.165) is 4.47 Å². The van der Waals surface area contributed by atoms with Crippen molar-refractivity contribution in [3.63, 3.8) is 0 Å². The molecule has 0 amide bonds. The number of benzene rings is 1. The van der Waals surface area contributed by atoms with Crippen molar-refractivity contribution in [2.45, 2.75) is 0 Å². The van der Waals surface area contributed by atoms with Gasteiger partial charge >= 0.3 is 0 Å². The fourth-order valence-corrected chi connectivity index (χ4v) is 1.85. The highest BCUT2D eigenvalue weighted by Gasteiger charge is 2.07. The van der Waals surface area contributed by atoms with E-state index in [1.165, 1.54) is 0 Å². The van der Waals surface area contributed by atoms with Crippen LogP contribution in [0.15, 0.2) is 50.5 Å². The summed E-state index contributed by atoms with van der Waals surface area (Å²) < 4.78 is 11.3. The topological polar surface area (TPSA) is 34.7 Å². The molecule has 2 rings (SSSR count). The second kappa shape index (κ2) is 5.38. The molecule has 0 fully saturated rings. The van der Waals surface area contributed by atoms with Crippen molar-refractivity contribution >= 4 is 38.4 Å². The number of hydrogen-bond donors (Lipinski definition) is 0. The summed E-state index contributed by atoms with van der Waals surface area (Å²) in [4.78, 5) is 4.27. The van der Waals surface area contributed by atoms with Crippen molar-refractivity contribution in [1.29, 1.82) is 0 Å². The zero-order valence-corrected chi connectivity index (χ0v) is 11.3. The van der Waals surface area contributed by atoms with Gasteiger partial charge in [0.25, 0.3) is 0 Å². The van der Waals surface area contributed by atoms with Crippen LogP contribution in [-0.4, -0.2) is 12.3 Å². The van der Waals surface area contributed by atoms with Crippen LogP contribution in [0.5, 0.6) is 5.75 Å². The Hall–Kier alpha value is -1.26. The normalized spacial score (nSPS) is 11.6. The van der Waals surface area contributed by atoms with Gasteiger partial charge in [0.05, 0.1) is 13.4 Å². The Bertz CT molecular complexity index is 537. The molecule has 0 spiro atoms. The highest BCUT2D eigenvalue weighted by atomic mass is 79.9. The lowest BCUT2D eigenvalue weighted by Crippen LogP contribution is -1.89. The minimum Gasteiger partial charge on any atom is -0.494 e.